The summed E-state index contributed by atoms with van der Waals surface area (Å²) in [7, 11) is 0. The molecule has 0 fully saturated rings. The molecule has 3 aromatic rings. The summed E-state index contributed by atoms with van der Waals surface area (Å²) >= 11 is 0. The molecule has 0 aliphatic carbocycles. The molecular formula is C24H27NO9. The summed E-state index contributed by atoms with van der Waals surface area (Å²) < 4.78 is 6.47. The number of aryl methyl sites for hydroxylation is 1. The van der Waals surface area contributed by atoms with Gasteiger partial charge >= 0.3 is 5.97 Å². The molecule has 4 unspecified atom stereocenters. The van der Waals surface area contributed by atoms with Crippen molar-refractivity contribution in [1.82, 2.24) is 4.57 Å². The van der Waals surface area contributed by atoms with Gasteiger partial charge in [0.05, 0.1) is 6.10 Å². The molecule has 182 valence electrons. The Labute approximate surface area is 194 Å². The van der Waals surface area contributed by atoms with Crippen molar-refractivity contribution < 1.29 is 40.2 Å². The molecule has 6 N–H and O–H groups in total. The molecule has 0 bridgehead atoms. The lowest BCUT2D eigenvalue weighted by Gasteiger charge is -2.27. The monoisotopic (exact) mass is 473 g/mol. The zero-order valence-electron chi connectivity index (χ0n) is 18.4. The SMILES string of the molecule is Cc1cc(-c2ccc3ccn(CC(=O)O)c(=O)c3c2)ccc1OC(O)C(O)C(O)C(O)CCO. The zero-order chi connectivity index (χ0) is 25.0. The van der Waals surface area contributed by atoms with Crippen LogP contribution in [0.2, 0.25) is 0 Å². The lowest BCUT2D eigenvalue weighted by molar-refractivity contribution is -0.166. The van der Waals surface area contributed by atoms with Crippen LogP contribution in [-0.2, 0) is 11.3 Å². The van der Waals surface area contributed by atoms with Crippen LogP contribution in [0.1, 0.15) is 12.0 Å². The Hall–Kier alpha value is -3.28. The summed E-state index contributed by atoms with van der Waals surface area (Å²) in [5, 5.41) is 58.6. The van der Waals surface area contributed by atoms with Crippen molar-refractivity contribution in [2.24, 2.45) is 0 Å². The number of carboxylic acids is 1. The van der Waals surface area contributed by atoms with Crippen LogP contribution in [-0.4, -0.2) is 72.4 Å². The Bertz CT molecular complexity index is 1220. The number of fused-ring (bicyclic) bond motifs is 1. The van der Waals surface area contributed by atoms with Gasteiger partial charge in [-0.15, -0.1) is 0 Å². The second kappa shape index (κ2) is 10.8. The Kier molecular flexibility index (Phi) is 8.02. The Balaban J connectivity index is 1.83. The molecule has 0 amide bonds. The maximum atomic E-state index is 12.7. The van der Waals surface area contributed by atoms with E-state index in [1.165, 1.54) is 6.20 Å². The van der Waals surface area contributed by atoms with E-state index in [-0.39, 0.29) is 12.2 Å². The number of benzene rings is 2. The number of pyridine rings is 1. The van der Waals surface area contributed by atoms with E-state index < -0.39 is 49.3 Å². The fraction of sp³-hybridized carbons (Fsp3) is 0.333. The van der Waals surface area contributed by atoms with Gasteiger partial charge in [-0.25, -0.2) is 0 Å². The van der Waals surface area contributed by atoms with Crippen molar-refractivity contribution in [3.63, 3.8) is 0 Å². The van der Waals surface area contributed by atoms with Crippen LogP contribution in [0.4, 0.5) is 0 Å². The Morgan fingerprint density at radius 2 is 1.68 bits per heavy atom. The number of hydrogen-bond donors (Lipinski definition) is 6. The third-order valence-corrected chi connectivity index (χ3v) is 5.50. The summed E-state index contributed by atoms with van der Waals surface area (Å²) in [5.74, 6) is -0.893. The highest BCUT2D eigenvalue weighted by Gasteiger charge is 2.31. The third kappa shape index (κ3) is 5.61. The molecular weight excluding hydrogens is 446 g/mol. The van der Waals surface area contributed by atoms with Crippen LogP contribution >= 0.6 is 0 Å². The molecule has 0 saturated carbocycles. The lowest BCUT2D eigenvalue weighted by atomic mass is 10.00. The molecule has 10 nitrogen and oxygen atoms in total. The highest BCUT2D eigenvalue weighted by molar-refractivity contribution is 5.87. The number of ether oxygens (including phenoxy) is 1. The number of rotatable bonds is 10. The van der Waals surface area contributed by atoms with E-state index in [1.54, 1.807) is 43.3 Å². The fourth-order valence-corrected chi connectivity index (χ4v) is 3.59. The molecule has 0 radical (unpaired) electrons. The molecule has 34 heavy (non-hydrogen) atoms. The van der Waals surface area contributed by atoms with E-state index >= 15 is 0 Å². The summed E-state index contributed by atoms with van der Waals surface area (Å²) in [5.41, 5.74) is 1.60. The molecule has 0 spiro atoms. The van der Waals surface area contributed by atoms with E-state index in [1.807, 2.05) is 6.07 Å². The largest absolute Gasteiger partial charge is 0.480 e. The Morgan fingerprint density at radius 3 is 2.32 bits per heavy atom. The van der Waals surface area contributed by atoms with Crippen molar-refractivity contribution >= 4 is 16.7 Å². The Morgan fingerprint density at radius 1 is 1.00 bits per heavy atom. The number of aliphatic carboxylic acids is 1. The van der Waals surface area contributed by atoms with Gasteiger partial charge in [0.15, 0.2) is 0 Å². The molecule has 0 aliphatic heterocycles. The summed E-state index contributed by atoms with van der Waals surface area (Å²) in [4.78, 5) is 23.7. The lowest BCUT2D eigenvalue weighted by Crippen LogP contribution is -2.47. The number of aromatic nitrogens is 1. The quantitative estimate of drug-likeness (QED) is 0.226. The minimum Gasteiger partial charge on any atom is -0.480 e. The number of aliphatic hydroxyl groups excluding tert-OH is 5. The highest BCUT2D eigenvalue weighted by Crippen LogP contribution is 2.29. The first-order valence-corrected chi connectivity index (χ1v) is 10.6. The highest BCUT2D eigenvalue weighted by atomic mass is 16.6. The summed E-state index contributed by atoms with van der Waals surface area (Å²) in [6, 6.07) is 11.9. The van der Waals surface area contributed by atoms with Gasteiger partial charge in [0.25, 0.3) is 5.56 Å². The van der Waals surface area contributed by atoms with Crippen LogP contribution in [0.3, 0.4) is 0 Å². The van der Waals surface area contributed by atoms with Gasteiger partial charge in [-0.3, -0.25) is 9.59 Å². The smallest absolute Gasteiger partial charge is 0.323 e. The van der Waals surface area contributed by atoms with E-state index in [9.17, 15) is 30.0 Å². The summed E-state index contributed by atoms with van der Waals surface area (Å²) in [6.45, 7) is 0.866. The third-order valence-electron chi connectivity index (χ3n) is 5.50. The van der Waals surface area contributed by atoms with Crippen LogP contribution in [0.15, 0.2) is 53.5 Å². The predicted molar refractivity (Wildman–Crippen MR) is 122 cm³/mol. The zero-order valence-corrected chi connectivity index (χ0v) is 18.4. The predicted octanol–water partition coefficient (Wildman–Crippen LogP) is 0.224. The van der Waals surface area contributed by atoms with E-state index in [4.69, 9.17) is 14.9 Å². The van der Waals surface area contributed by atoms with Gasteiger partial charge in [-0.2, -0.15) is 0 Å². The van der Waals surface area contributed by atoms with Crippen molar-refractivity contribution in [3.8, 4) is 16.9 Å². The number of nitrogens with zero attached hydrogens (tertiary/aromatic N) is 1. The van der Waals surface area contributed by atoms with Crippen LogP contribution in [0.25, 0.3) is 21.9 Å². The fourth-order valence-electron chi connectivity index (χ4n) is 3.59. The first kappa shape index (κ1) is 25.3. The van der Waals surface area contributed by atoms with Gasteiger partial charge in [0.2, 0.25) is 6.29 Å². The average Bonchev–Trinajstić information content (AvgIpc) is 2.81. The topological polar surface area (TPSA) is 170 Å². The van der Waals surface area contributed by atoms with E-state index in [2.05, 4.69) is 0 Å². The average molecular weight is 473 g/mol. The van der Waals surface area contributed by atoms with Gasteiger partial charge in [-0.1, -0.05) is 18.2 Å². The number of hydrogen-bond acceptors (Lipinski definition) is 8. The van der Waals surface area contributed by atoms with Crippen molar-refractivity contribution in [2.45, 2.75) is 44.5 Å². The van der Waals surface area contributed by atoms with E-state index in [0.717, 1.165) is 10.1 Å². The van der Waals surface area contributed by atoms with Gasteiger partial charge < -0.3 is 39.9 Å². The normalized spacial score (nSPS) is 15.0. The first-order valence-electron chi connectivity index (χ1n) is 10.6. The number of aliphatic hydroxyl groups is 5. The molecule has 2 aromatic carbocycles. The first-order chi connectivity index (χ1) is 16.1. The van der Waals surface area contributed by atoms with Gasteiger partial charge in [0.1, 0.15) is 24.5 Å². The second-order valence-corrected chi connectivity index (χ2v) is 7.99. The number of carboxylic acid groups (broad SMARTS) is 1. The molecule has 4 atom stereocenters. The molecule has 3 rings (SSSR count). The van der Waals surface area contributed by atoms with Crippen LogP contribution in [0.5, 0.6) is 5.75 Å². The molecule has 0 saturated heterocycles. The minimum atomic E-state index is -1.83. The standard InChI is InChI=1S/C24H27NO9/c1-13-10-15(4-5-19(13)34-24(33)22(31)21(30)18(27)7-9-26)16-3-2-14-6-8-25(12-20(28)29)23(32)17(14)11-16/h2-6,8,10-11,18,21-22,24,26-27,30-31,33H,7,9,12H2,1H3,(H,28,29). The number of carbonyl (C=O) groups is 1. The van der Waals surface area contributed by atoms with Gasteiger partial charge in [0, 0.05) is 18.2 Å². The van der Waals surface area contributed by atoms with Crippen LogP contribution < -0.4 is 10.3 Å². The maximum Gasteiger partial charge on any atom is 0.323 e. The van der Waals surface area contributed by atoms with E-state index in [0.29, 0.717) is 21.9 Å². The molecule has 0 aliphatic rings. The van der Waals surface area contributed by atoms with Crippen molar-refractivity contribution in [3.05, 3.63) is 64.6 Å². The van der Waals surface area contributed by atoms with Gasteiger partial charge in [-0.05, 0) is 59.7 Å². The second-order valence-electron chi connectivity index (χ2n) is 7.99. The summed E-state index contributed by atoms with van der Waals surface area (Å²) in [6.07, 6.45) is -5.53. The van der Waals surface area contributed by atoms with Crippen LogP contribution in [0, 0.1) is 6.92 Å². The van der Waals surface area contributed by atoms with Crippen molar-refractivity contribution in [1.29, 1.82) is 0 Å². The molecule has 1 heterocycles. The maximum absolute atomic E-state index is 12.7. The molecule has 10 heteroatoms. The minimum absolute atomic E-state index is 0.175. The molecule has 1 aromatic heterocycles. The van der Waals surface area contributed by atoms with Crippen molar-refractivity contribution in [2.75, 3.05) is 6.61 Å².